The van der Waals surface area contributed by atoms with Crippen molar-refractivity contribution in [3.63, 3.8) is 0 Å². The Labute approximate surface area is 120 Å². The van der Waals surface area contributed by atoms with E-state index in [2.05, 4.69) is 49.4 Å². The summed E-state index contributed by atoms with van der Waals surface area (Å²) in [6, 6.07) is 17.0. The fraction of sp³-hybridized carbons (Fsp3) is 0.333. The SMILES string of the molecule is CCCC1Oc2ccc(Cc3ccccc3)cc2C1N. The van der Waals surface area contributed by atoms with Gasteiger partial charge in [-0.2, -0.15) is 0 Å². The van der Waals surface area contributed by atoms with Crippen LogP contribution in [0.1, 0.15) is 42.5 Å². The number of hydrogen-bond acceptors (Lipinski definition) is 2. The van der Waals surface area contributed by atoms with Gasteiger partial charge in [0.15, 0.2) is 0 Å². The van der Waals surface area contributed by atoms with Gasteiger partial charge in [-0.15, -0.1) is 0 Å². The van der Waals surface area contributed by atoms with Crippen LogP contribution in [-0.4, -0.2) is 6.10 Å². The maximum absolute atomic E-state index is 6.31. The highest BCUT2D eigenvalue weighted by Gasteiger charge is 2.30. The molecule has 3 rings (SSSR count). The van der Waals surface area contributed by atoms with Gasteiger partial charge in [-0.1, -0.05) is 55.8 Å². The monoisotopic (exact) mass is 267 g/mol. The van der Waals surface area contributed by atoms with Gasteiger partial charge in [-0.05, 0) is 30.0 Å². The lowest BCUT2D eigenvalue weighted by atomic mass is 9.97. The summed E-state index contributed by atoms with van der Waals surface area (Å²) in [6.07, 6.45) is 3.20. The van der Waals surface area contributed by atoms with Gasteiger partial charge in [0.05, 0.1) is 6.04 Å². The van der Waals surface area contributed by atoms with Gasteiger partial charge in [0.25, 0.3) is 0 Å². The highest BCUT2D eigenvalue weighted by atomic mass is 16.5. The van der Waals surface area contributed by atoms with Gasteiger partial charge in [-0.25, -0.2) is 0 Å². The first kappa shape index (κ1) is 13.2. The van der Waals surface area contributed by atoms with E-state index in [9.17, 15) is 0 Å². The van der Waals surface area contributed by atoms with Crippen LogP contribution in [0.25, 0.3) is 0 Å². The average Bonchev–Trinajstić information content (AvgIpc) is 2.77. The minimum atomic E-state index is 0.0145. The van der Waals surface area contributed by atoms with Crippen LogP contribution in [0.2, 0.25) is 0 Å². The summed E-state index contributed by atoms with van der Waals surface area (Å²) in [5, 5.41) is 0. The van der Waals surface area contributed by atoms with E-state index in [0.717, 1.165) is 30.6 Å². The second kappa shape index (κ2) is 5.68. The van der Waals surface area contributed by atoms with Gasteiger partial charge in [0, 0.05) is 5.56 Å². The minimum absolute atomic E-state index is 0.0145. The lowest BCUT2D eigenvalue weighted by molar-refractivity contribution is 0.195. The molecule has 0 saturated carbocycles. The Hall–Kier alpha value is -1.80. The summed E-state index contributed by atoms with van der Waals surface area (Å²) in [4.78, 5) is 0. The molecule has 0 saturated heterocycles. The Morgan fingerprint density at radius 3 is 2.60 bits per heavy atom. The third-order valence-corrected chi connectivity index (χ3v) is 3.94. The third-order valence-electron chi connectivity index (χ3n) is 3.94. The molecule has 20 heavy (non-hydrogen) atoms. The topological polar surface area (TPSA) is 35.2 Å². The molecule has 2 heteroatoms. The highest BCUT2D eigenvalue weighted by Crippen LogP contribution is 2.37. The van der Waals surface area contributed by atoms with Crippen LogP contribution in [0.4, 0.5) is 0 Å². The Balaban J connectivity index is 1.81. The first-order chi connectivity index (χ1) is 9.78. The third kappa shape index (κ3) is 2.56. The molecule has 2 atom stereocenters. The van der Waals surface area contributed by atoms with E-state index in [4.69, 9.17) is 10.5 Å². The Bertz CT molecular complexity index is 579. The predicted molar refractivity (Wildman–Crippen MR) is 81.9 cm³/mol. The number of rotatable bonds is 4. The van der Waals surface area contributed by atoms with E-state index >= 15 is 0 Å². The van der Waals surface area contributed by atoms with Gasteiger partial charge < -0.3 is 10.5 Å². The van der Waals surface area contributed by atoms with Gasteiger partial charge in [-0.3, -0.25) is 0 Å². The molecular formula is C18H21NO. The van der Waals surface area contributed by atoms with Crippen LogP contribution in [0.15, 0.2) is 48.5 Å². The molecule has 1 aliphatic rings. The molecular weight excluding hydrogens is 246 g/mol. The summed E-state index contributed by atoms with van der Waals surface area (Å²) >= 11 is 0. The lowest BCUT2D eigenvalue weighted by Crippen LogP contribution is -2.24. The van der Waals surface area contributed by atoms with Gasteiger partial charge in [0.1, 0.15) is 11.9 Å². The van der Waals surface area contributed by atoms with E-state index in [1.54, 1.807) is 0 Å². The molecule has 104 valence electrons. The van der Waals surface area contributed by atoms with E-state index in [0.29, 0.717) is 0 Å². The molecule has 0 aliphatic carbocycles. The van der Waals surface area contributed by atoms with E-state index in [-0.39, 0.29) is 12.1 Å². The standard InChI is InChI=1S/C18H21NO/c1-2-6-17-18(19)15-12-14(9-10-16(15)20-17)11-13-7-4-3-5-8-13/h3-5,7-10,12,17-18H,2,6,11,19H2,1H3. The van der Waals surface area contributed by atoms with E-state index in [1.165, 1.54) is 11.1 Å². The number of fused-ring (bicyclic) bond motifs is 1. The van der Waals surface area contributed by atoms with E-state index in [1.807, 2.05) is 6.07 Å². The molecule has 0 fully saturated rings. The van der Waals surface area contributed by atoms with Gasteiger partial charge in [0.2, 0.25) is 0 Å². The molecule has 0 radical (unpaired) electrons. The van der Waals surface area contributed by atoms with Crippen molar-refractivity contribution in [2.45, 2.75) is 38.3 Å². The van der Waals surface area contributed by atoms with Crippen molar-refractivity contribution in [3.8, 4) is 5.75 Å². The van der Waals surface area contributed by atoms with Crippen molar-refractivity contribution in [3.05, 3.63) is 65.2 Å². The molecule has 0 amide bonds. The zero-order chi connectivity index (χ0) is 13.9. The molecule has 1 aliphatic heterocycles. The summed E-state index contributed by atoms with van der Waals surface area (Å²) < 4.78 is 5.94. The zero-order valence-corrected chi connectivity index (χ0v) is 11.9. The lowest BCUT2D eigenvalue weighted by Gasteiger charge is -2.13. The van der Waals surface area contributed by atoms with Crippen molar-refractivity contribution < 1.29 is 4.74 Å². The van der Waals surface area contributed by atoms with Crippen molar-refractivity contribution >= 4 is 0 Å². The molecule has 2 unspecified atom stereocenters. The molecule has 1 heterocycles. The van der Waals surface area contributed by atoms with Crippen LogP contribution in [0, 0.1) is 0 Å². The zero-order valence-electron chi connectivity index (χ0n) is 11.9. The fourth-order valence-electron chi connectivity index (χ4n) is 2.87. The molecule has 0 aromatic heterocycles. The molecule has 2 aromatic rings. The fourth-order valence-corrected chi connectivity index (χ4v) is 2.87. The van der Waals surface area contributed by atoms with Crippen LogP contribution in [0.5, 0.6) is 5.75 Å². The van der Waals surface area contributed by atoms with Crippen molar-refractivity contribution in [1.82, 2.24) is 0 Å². The normalized spacial score (nSPS) is 20.5. The first-order valence-corrected chi connectivity index (χ1v) is 7.37. The second-order valence-electron chi connectivity index (χ2n) is 5.51. The Kier molecular flexibility index (Phi) is 3.75. The summed E-state index contributed by atoms with van der Waals surface area (Å²) in [5.41, 5.74) is 10.1. The van der Waals surface area contributed by atoms with Crippen LogP contribution in [-0.2, 0) is 6.42 Å². The van der Waals surface area contributed by atoms with Crippen molar-refractivity contribution in [1.29, 1.82) is 0 Å². The molecule has 2 N–H and O–H groups in total. The number of nitrogens with two attached hydrogens (primary N) is 1. The first-order valence-electron chi connectivity index (χ1n) is 7.37. The smallest absolute Gasteiger partial charge is 0.124 e. The summed E-state index contributed by atoms with van der Waals surface area (Å²) in [6.45, 7) is 2.17. The number of hydrogen-bond donors (Lipinski definition) is 1. The van der Waals surface area contributed by atoms with E-state index < -0.39 is 0 Å². The second-order valence-corrected chi connectivity index (χ2v) is 5.51. The highest BCUT2D eigenvalue weighted by molar-refractivity contribution is 5.44. The average molecular weight is 267 g/mol. The number of ether oxygens (including phenoxy) is 1. The summed E-state index contributed by atoms with van der Waals surface area (Å²) in [5.74, 6) is 0.966. The van der Waals surface area contributed by atoms with Crippen LogP contribution in [0.3, 0.4) is 0 Å². The predicted octanol–water partition coefficient (Wildman–Crippen LogP) is 3.84. The Morgan fingerprint density at radius 1 is 1.05 bits per heavy atom. The quantitative estimate of drug-likeness (QED) is 0.913. The maximum atomic E-state index is 6.31. The molecule has 2 aromatic carbocycles. The summed E-state index contributed by atoms with van der Waals surface area (Å²) in [7, 11) is 0. The minimum Gasteiger partial charge on any atom is -0.488 e. The number of benzene rings is 2. The van der Waals surface area contributed by atoms with Crippen LogP contribution < -0.4 is 10.5 Å². The maximum Gasteiger partial charge on any atom is 0.124 e. The molecule has 2 nitrogen and oxygen atoms in total. The molecule has 0 bridgehead atoms. The molecule has 0 spiro atoms. The Morgan fingerprint density at radius 2 is 1.85 bits per heavy atom. The van der Waals surface area contributed by atoms with Crippen molar-refractivity contribution in [2.24, 2.45) is 5.73 Å². The van der Waals surface area contributed by atoms with Crippen LogP contribution >= 0.6 is 0 Å². The van der Waals surface area contributed by atoms with Gasteiger partial charge >= 0.3 is 0 Å². The largest absolute Gasteiger partial charge is 0.488 e. The van der Waals surface area contributed by atoms with Crippen molar-refractivity contribution in [2.75, 3.05) is 0 Å².